The average Bonchev–Trinajstić information content (AvgIpc) is 2.59. The van der Waals surface area contributed by atoms with Crippen molar-refractivity contribution in [2.75, 3.05) is 0 Å². The Labute approximate surface area is 87.4 Å². The Morgan fingerprint density at radius 3 is 2.80 bits per heavy atom. The molecule has 1 aromatic heterocycles. The van der Waals surface area contributed by atoms with Crippen molar-refractivity contribution in [1.29, 1.82) is 5.41 Å². The number of oxazole rings is 1. The number of nitrogens with zero attached hydrogens (tertiary/aromatic N) is 1. The summed E-state index contributed by atoms with van der Waals surface area (Å²) in [6, 6.07) is 7.39. The molecule has 4 heteroatoms. The van der Waals surface area contributed by atoms with E-state index in [2.05, 4.69) is 4.98 Å². The Morgan fingerprint density at radius 2 is 2.13 bits per heavy atom. The van der Waals surface area contributed by atoms with Crippen molar-refractivity contribution in [3.05, 3.63) is 30.2 Å². The Bertz CT molecular complexity index is 455. The van der Waals surface area contributed by atoms with Gasteiger partial charge in [0, 0.05) is 0 Å². The molecule has 4 nitrogen and oxygen atoms in total. The largest absolute Gasteiger partial charge is 0.472 e. The first-order chi connectivity index (χ1) is 7.16. The Balaban J connectivity index is 2.32. The molecule has 0 aliphatic heterocycles. The van der Waals surface area contributed by atoms with Crippen LogP contribution in [0.5, 0.6) is 0 Å². The van der Waals surface area contributed by atoms with Crippen LogP contribution >= 0.6 is 0 Å². The van der Waals surface area contributed by atoms with Gasteiger partial charge in [0.05, 0.1) is 6.10 Å². The molecule has 0 amide bonds. The quantitative estimate of drug-likeness (QED) is 0.604. The highest BCUT2D eigenvalue weighted by molar-refractivity contribution is 5.90. The van der Waals surface area contributed by atoms with Gasteiger partial charge < -0.3 is 9.15 Å². The zero-order chi connectivity index (χ0) is 10.8. The summed E-state index contributed by atoms with van der Waals surface area (Å²) in [4.78, 5) is 4.15. The molecule has 1 heterocycles. The van der Waals surface area contributed by atoms with Crippen LogP contribution in [0.4, 0.5) is 0 Å². The molecular formula is C11H12N2O2. The van der Waals surface area contributed by atoms with E-state index in [1.807, 2.05) is 38.1 Å². The molecule has 1 N–H and O–H groups in total. The number of benzene rings is 1. The van der Waals surface area contributed by atoms with Gasteiger partial charge in [-0.15, -0.1) is 0 Å². The smallest absolute Gasteiger partial charge is 0.283 e. The van der Waals surface area contributed by atoms with E-state index in [9.17, 15) is 0 Å². The van der Waals surface area contributed by atoms with Crippen LogP contribution in [0.2, 0.25) is 0 Å². The summed E-state index contributed by atoms with van der Waals surface area (Å²) >= 11 is 0. The minimum absolute atomic E-state index is 0.0267. The normalized spacial score (nSPS) is 10.9. The van der Waals surface area contributed by atoms with Crippen LogP contribution in [-0.4, -0.2) is 17.0 Å². The molecule has 0 aliphatic rings. The van der Waals surface area contributed by atoms with Crippen molar-refractivity contribution in [1.82, 2.24) is 4.98 Å². The first-order valence-corrected chi connectivity index (χ1v) is 4.78. The van der Waals surface area contributed by atoms with Crippen molar-refractivity contribution in [3.63, 3.8) is 0 Å². The second-order valence-electron chi connectivity index (χ2n) is 3.48. The fraction of sp³-hybridized carbons (Fsp3) is 0.273. The third-order valence-electron chi connectivity index (χ3n) is 1.84. The van der Waals surface area contributed by atoms with E-state index in [1.165, 1.54) is 0 Å². The van der Waals surface area contributed by atoms with Gasteiger partial charge >= 0.3 is 0 Å². The van der Waals surface area contributed by atoms with Gasteiger partial charge in [0.2, 0.25) is 0 Å². The van der Waals surface area contributed by atoms with Crippen LogP contribution in [0.1, 0.15) is 19.7 Å². The maximum Gasteiger partial charge on any atom is 0.283 e. The first kappa shape index (κ1) is 9.71. The summed E-state index contributed by atoms with van der Waals surface area (Å²) in [7, 11) is 0. The second-order valence-corrected chi connectivity index (χ2v) is 3.48. The SMILES string of the molecule is CC(C)OC(=N)c1nc2ccccc2o1. The number of rotatable bonds is 2. The number of para-hydroxylation sites is 2. The van der Waals surface area contributed by atoms with Crippen molar-refractivity contribution in [3.8, 4) is 0 Å². The molecule has 0 radical (unpaired) electrons. The van der Waals surface area contributed by atoms with Crippen molar-refractivity contribution in [2.45, 2.75) is 20.0 Å². The lowest BCUT2D eigenvalue weighted by molar-refractivity contribution is 0.221. The van der Waals surface area contributed by atoms with Crippen LogP contribution in [0.25, 0.3) is 11.1 Å². The summed E-state index contributed by atoms with van der Waals surface area (Å²) in [5.41, 5.74) is 1.41. The molecule has 1 aromatic carbocycles. The van der Waals surface area contributed by atoms with Gasteiger partial charge in [-0.05, 0) is 26.0 Å². The van der Waals surface area contributed by atoms with Crippen LogP contribution in [0.15, 0.2) is 28.7 Å². The van der Waals surface area contributed by atoms with E-state index >= 15 is 0 Å². The lowest BCUT2D eigenvalue weighted by Gasteiger charge is -2.06. The van der Waals surface area contributed by atoms with E-state index in [-0.39, 0.29) is 17.9 Å². The number of hydrogen-bond donors (Lipinski definition) is 1. The third kappa shape index (κ3) is 1.98. The monoisotopic (exact) mass is 204 g/mol. The van der Waals surface area contributed by atoms with Crippen molar-refractivity contribution >= 4 is 17.0 Å². The molecule has 0 spiro atoms. The molecule has 0 saturated carbocycles. The lowest BCUT2D eigenvalue weighted by atomic mass is 10.3. The number of fused-ring (bicyclic) bond motifs is 1. The average molecular weight is 204 g/mol. The van der Waals surface area contributed by atoms with Crippen molar-refractivity contribution < 1.29 is 9.15 Å². The first-order valence-electron chi connectivity index (χ1n) is 4.78. The highest BCUT2D eigenvalue weighted by Gasteiger charge is 2.12. The molecule has 0 saturated heterocycles. The Hall–Kier alpha value is -1.84. The topological polar surface area (TPSA) is 59.1 Å². The molecule has 0 bridgehead atoms. The van der Waals surface area contributed by atoms with Crippen LogP contribution in [0.3, 0.4) is 0 Å². The summed E-state index contributed by atoms with van der Waals surface area (Å²) in [6.07, 6.45) is -0.0486. The van der Waals surface area contributed by atoms with Gasteiger partial charge in [-0.3, -0.25) is 5.41 Å². The fourth-order valence-electron chi connectivity index (χ4n) is 1.26. The van der Waals surface area contributed by atoms with E-state index in [4.69, 9.17) is 14.6 Å². The van der Waals surface area contributed by atoms with Gasteiger partial charge in [0.1, 0.15) is 5.52 Å². The van der Waals surface area contributed by atoms with Gasteiger partial charge in [0.15, 0.2) is 5.58 Å². The van der Waals surface area contributed by atoms with Gasteiger partial charge in [-0.1, -0.05) is 12.1 Å². The zero-order valence-electron chi connectivity index (χ0n) is 8.65. The molecule has 0 fully saturated rings. The number of hydrogen-bond acceptors (Lipinski definition) is 4. The summed E-state index contributed by atoms with van der Waals surface area (Å²) in [5, 5.41) is 7.61. The molecule has 2 rings (SSSR count). The maximum atomic E-state index is 7.61. The van der Waals surface area contributed by atoms with Crippen LogP contribution in [0, 0.1) is 5.41 Å². The van der Waals surface area contributed by atoms with E-state index in [0.29, 0.717) is 5.58 Å². The van der Waals surface area contributed by atoms with Gasteiger partial charge in [-0.2, -0.15) is 0 Å². The number of aromatic nitrogens is 1. The number of ether oxygens (including phenoxy) is 1. The standard InChI is InChI=1S/C11H12N2O2/c1-7(2)14-10(12)11-13-8-5-3-4-6-9(8)15-11/h3-7,12H,1-2H3. The minimum atomic E-state index is -0.0486. The molecule has 78 valence electrons. The maximum absolute atomic E-state index is 7.61. The second kappa shape index (κ2) is 3.73. The highest BCUT2D eigenvalue weighted by Crippen LogP contribution is 2.15. The van der Waals surface area contributed by atoms with Gasteiger partial charge in [0.25, 0.3) is 11.8 Å². The lowest BCUT2D eigenvalue weighted by Crippen LogP contribution is -2.11. The molecule has 0 aliphatic carbocycles. The summed E-state index contributed by atoms with van der Waals surface area (Å²) < 4.78 is 10.6. The van der Waals surface area contributed by atoms with Crippen LogP contribution in [-0.2, 0) is 4.74 Å². The minimum Gasteiger partial charge on any atom is -0.472 e. The predicted octanol–water partition coefficient (Wildman–Crippen LogP) is 2.58. The van der Waals surface area contributed by atoms with Gasteiger partial charge in [-0.25, -0.2) is 4.98 Å². The highest BCUT2D eigenvalue weighted by atomic mass is 16.5. The van der Waals surface area contributed by atoms with E-state index in [0.717, 1.165) is 5.52 Å². The van der Waals surface area contributed by atoms with Crippen molar-refractivity contribution in [2.24, 2.45) is 0 Å². The van der Waals surface area contributed by atoms with E-state index in [1.54, 1.807) is 0 Å². The Kier molecular flexibility index (Phi) is 2.41. The molecule has 0 unspecified atom stereocenters. The molecule has 2 aromatic rings. The molecular weight excluding hydrogens is 192 g/mol. The third-order valence-corrected chi connectivity index (χ3v) is 1.84. The fourth-order valence-corrected chi connectivity index (χ4v) is 1.26. The summed E-state index contributed by atoms with van der Waals surface area (Å²) in [5.74, 6) is 0.200. The predicted molar refractivity (Wildman–Crippen MR) is 57.1 cm³/mol. The number of nitrogens with one attached hydrogen (secondary N) is 1. The molecule has 15 heavy (non-hydrogen) atoms. The molecule has 0 atom stereocenters. The van der Waals surface area contributed by atoms with E-state index < -0.39 is 0 Å². The summed E-state index contributed by atoms with van der Waals surface area (Å²) in [6.45, 7) is 3.72. The Morgan fingerprint density at radius 1 is 1.40 bits per heavy atom. The van der Waals surface area contributed by atoms with Crippen LogP contribution < -0.4 is 0 Å². The zero-order valence-corrected chi connectivity index (χ0v) is 8.65.